The van der Waals surface area contributed by atoms with E-state index in [9.17, 15) is 9.59 Å². The van der Waals surface area contributed by atoms with E-state index in [0.717, 1.165) is 23.4 Å². The Morgan fingerprint density at radius 2 is 2.04 bits per heavy atom. The van der Waals surface area contributed by atoms with Gasteiger partial charge in [0, 0.05) is 36.1 Å². The lowest BCUT2D eigenvalue weighted by atomic mass is 10.2. The summed E-state index contributed by atoms with van der Waals surface area (Å²) < 4.78 is 10.7. The molecule has 0 unspecified atom stereocenters. The molecule has 0 bridgehead atoms. The van der Waals surface area contributed by atoms with E-state index in [-0.39, 0.29) is 18.6 Å². The third-order valence-electron chi connectivity index (χ3n) is 4.32. The second kappa shape index (κ2) is 9.41. The zero-order valence-electron chi connectivity index (χ0n) is 15.4. The van der Waals surface area contributed by atoms with Gasteiger partial charge in [-0.1, -0.05) is 13.0 Å². The Bertz CT molecular complexity index is 776. The maximum Gasteiger partial charge on any atom is 0.231 e. The van der Waals surface area contributed by atoms with Crippen LogP contribution in [0.15, 0.2) is 35.7 Å². The minimum Gasteiger partial charge on any atom is -0.454 e. The van der Waals surface area contributed by atoms with Crippen molar-refractivity contribution in [2.24, 2.45) is 0 Å². The van der Waals surface area contributed by atoms with Crippen molar-refractivity contribution in [3.63, 3.8) is 0 Å². The van der Waals surface area contributed by atoms with Gasteiger partial charge in [-0.2, -0.15) is 0 Å². The largest absolute Gasteiger partial charge is 0.454 e. The highest BCUT2D eigenvalue weighted by molar-refractivity contribution is 7.10. The van der Waals surface area contributed by atoms with Gasteiger partial charge in [0.05, 0.1) is 6.42 Å². The van der Waals surface area contributed by atoms with Crippen LogP contribution in [0.1, 0.15) is 31.1 Å². The number of rotatable bonds is 9. The number of amides is 2. The molecule has 0 fully saturated rings. The first-order chi connectivity index (χ1) is 13.2. The second-order valence-corrected chi connectivity index (χ2v) is 7.28. The molecular weight excluding hydrogens is 364 g/mol. The molecule has 1 N–H and O–H groups in total. The van der Waals surface area contributed by atoms with Crippen molar-refractivity contribution in [3.8, 4) is 11.5 Å². The van der Waals surface area contributed by atoms with E-state index in [2.05, 4.69) is 5.32 Å². The van der Waals surface area contributed by atoms with Gasteiger partial charge < -0.3 is 19.7 Å². The first-order valence-corrected chi connectivity index (χ1v) is 10.0. The number of carbonyl (C=O) groups excluding carboxylic acids is 2. The molecule has 6 nitrogen and oxygen atoms in total. The van der Waals surface area contributed by atoms with Crippen LogP contribution in [0.5, 0.6) is 11.5 Å². The first-order valence-electron chi connectivity index (χ1n) is 9.16. The van der Waals surface area contributed by atoms with Crippen molar-refractivity contribution in [1.29, 1.82) is 0 Å². The number of nitrogens with zero attached hydrogens (tertiary/aromatic N) is 1. The van der Waals surface area contributed by atoms with Crippen LogP contribution in [0.3, 0.4) is 0 Å². The molecule has 2 amide bonds. The predicted molar refractivity (Wildman–Crippen MR) is 105 cm³/mol. The highest BCUT2D eigenvalue weighted by atomic mass is 32.1. The zero-order valence-corrected chi connectivity index (χ0v) is 16.2. The second-order valence-electron chi connectivity index (χ2n) is 6.25. The van der Waals surface area contributed by atoms with E-state index in [1.165, 1.54) is 0 Å². The molecule has 27 heavy (non-hydrogen) atoms. The van der Waals surface area contributed by atoms with Crippen LogP contribution in [0.2, 0.25) is 0 Å². The minimum atomic E-state index is 0.0368. The molecule has 7 heteroatoms. The Hall–Kier alpha value is -2.54. The van der Waals surface area contributed by atoms with Crippen molar-refractivity contribution < 1.29 is 19.1 Å². The molecule has 2 heterocycles. The summed E-state index contributed by atoms with van der Waals surface area (Å²) in [6.07, 6.45) is 2.48. The number of carbonyl (C=O) groups is 2. The number of anilines is 1. The van der Waals surface area contributed by atoms with Crippen molar-refractivity contribution in [2.45, 2.75) is 32.6 Å². The monoisotopic (exact) mass is 388 g/mol. The fourth-order valence-corrected chi connectivity index (χ4v) is 3.60. The molecule has 1 aliphatic rings. The molecule has 1 aromatic heterocycles. The number of nitrogens with one attached hydrogen (secondary N) is 1. The van der Waals surface area contributed by atoms with Crippen molar-refractivity contribution in [2.75, 3.05) is 24.8 Å². The number of fused-ring (bicyclic) bond motifs is 1. The zero-order chi connectivity index (χ0) is 19.1. The Morgan fingerprint density at radius 3 is 2.81 bits per heavy atom. The molecule has 1 aromatic carbocycles. The number of hydrogen-bond acceptors (Lipinski definition) is 5. The van der Waals surface area contributed by atoms with E-state index in [0.29, 0.717) is 37.4 Å². The van der Waals surface area contributed by atoms with Gasteiger partial charge in [-0.05, 0) is 36.4 Å². The van der Waals surface area contributed by atoms with Crippen molar-refractivity contribution in [3.05, 3.63) is 40.6 Å². The van der Waals surface area contributed by atoms with Crippen LogP contribution in [-0.2, 0) is 16.0 Å². The summed E-state index contributed by atoms with van der Waals surface area (Å²) in [6.45, 7) is 3.28. The van der Waals surface area contributed by atoms with Gasteiger partial charge in [0.2, 0.25) is 18.6 Å². The number of unbranched alkanes of at least 4 members (excludes halogenated alkanes) is 1. The summed E-state index contributed by atoms with van der Waals surface area (Å²) >= 11 is 1.59. The normalized spacial score (nSPS) is 12.0. The van der Waals surface area contributed by atoms with Gasteiger partial charge in [0.25, 0.3) is 0 Å². The van der Waals surface area contributed by atoms with Crippen LogP contribution in [0, 0.1) is 0 Å². The molecule has 0 atom stereocenters. The van der Waals surface area contributed by atoms with Gasteiger partial charge in [0.1, 0.15) is 0 Å². The Balaban J connectivity index is 1.46. The predicted octanol–water partition coefficient (Wildman–Crippen LogP) is 3.36. The molecule has 1 aliphatic heterocycles. The van der Waals surface area contributed by atoms with E-state index < -0.39 is 0 Å². The quantitative estimate of drug-likeness (QED) is 0.669. The Morgan fingerprint density at radius 1 is 1.19 bits per heavy atom. The van der Waals surface area contributed by atoms with Crippen LogP contribution in [0.4, 0.5) is 5.69 Å². The average molecular weight is 388 g/mol. The van der Waals surface area contributed by atoms with Gasteiger partial charge in [-0.15, -0.1) is 11.3 Å². The fourth-order valence-electron chi connectivity index (χ4n) is 2.90. The molecule has 0 aliphatic carbocycles. The fraction of sp³-hybridized carbons (Fsp3) is 0.400. The lowest BCUT2D eigenvalue weighted by molar-refractivity contribution is -0.120. The van der Waals surface area contributed by atoms with Gasteiger partial charge in [-0.25, -0.2) is 0 Å². The Kier molecular flexibility index (Phi) is 6.70. The summed E-state index contributed by atoms with van der Waals surface area (Å²) in [5.74, 6) is 1.48. The van der Waals surface area contributed by atoms with Crippen LogP contribution < -0.4 is 19.7 Å². The van der Waals surface area contributed by atoms with Gasteiger partial charge in [0.15, 0.2) is 11.5 Å². The van der Waals surface area contributed by atoms with Crippen molar-refractivity contribution in [1.82, 2.24) is 5.32 Å². The molecule has 0 spiro atoms. The highest BCUT2D eigenvalue weighted by Crippen LogP contribution is 2.35. The first kappa shape index (κ1) is 19.2. The summed E-state index contributed by atoms with van der Waals surface area (Å²) in [5, 5.41) is 4.91. The third kappa shape index (κ3) is 5.23. The van der Waals surface area contributed by atoms with E-state index in [1.54, 1.807) is 16.2 Å². The summed E-state index contributed by atoms with van der Waals surface area (Å²) in [4.78, 5) is 27.1. The van der Waals surface area contributed by atoms with E-state index >= 15 is 0 Å². The SMILES string of the molecule is CCC(=O)N(CCCCNC(=O)Cc1cccs1)c1ccc2c(c1)OCO2. The number of benzene rings is 1. The lowest BCUT2D eigenvalue weighted by Gasteiger charge is -2.22. The van der Waals surface area contributed by atoms with Crippen LogP contribution in [0.25, 0.3) is 0 Å². The topological polar surface area (TPSA) is 67.9 Å². The lowest BCUT2D eigenvalue weighted by Crippen LogP contribution is -2.32. The molecule has 3 rings (SSSR count). The number of ether oxygens (including phenoxy) is 2. The number of thiophene rings is 1. The van der Waals surface area contributed by atoms with E-state index in [4.69, 9.17) is 9.47 Å². The summed E-state index contributed by atoms with van der Waals surface area (Å²) in [5.41, 5.74) is 0.813. The third-order valence-corrected chi connectivity index (χ3v) is 5.19. The summed E-state index contributed by atoms with van der Waals surface area (Å²) in [6, 6.07) is 9.47. The summed E-state index contributed by atoms with van der Waals surface area (Å²) in [7, 11) is 0. The minimum absolute atomic E-state index is 0.0368. The van der Waals surface area contributed by atoms with Gasteiger partial charge >= 0.3 is 0 Å². The smallest absolute Gasteiger partial charge is 0.231 e. The van der Waals surface area contributed by atoms with Crippen LogP contribution >= 0.6 is 11.3 Å². The molecule has 0 saturated heterocycles. The highest BCUT2D eigenvalue weighted by Gasteiger charge is 2.19. The molecule has 2 aromatic rings. The standard InChI is InChI=1S/C20H24N2O4S/c1-2-20(24)22(15-7-8-17-18(12-15)26-14-25-17)10-4-3-9-21-19(23)13-16-6-5-11-27-16/h5-8,11-12H,2-4,9-10,13-14H2,1H3,(H,21,23). The van der Waals surface area contributed by atoms with E-state index in [1.807, 2.05) is 42.6 Å². The molecule has 0 radical (unpaired) electrons. The van der Waals surface area contributed by atoms with Crippen LogP contribution in [-0.4, -0.2) is 31.7 Å². The Labute approximate surface area is 163 Å². The molecular formula is C20H24N2O4S. The average Bonchev–Trinajstić information content (AvgIpc) is 3.35. The maximum absolute atomic E-state index is 12.3. The number of hydrogen-bond donors (Lipinski definition) is 1. The maximum atomic E-state index is 12.3. The van der Waals surface area contributed by atoms with Gasteiger partial charge in [-0.3, -0.25) is 9.59 Å². The molecule has 0 saturated carbocycles. The van der Waals surface area contributed by atoms with Crippen molar-refractivity contribution >= 4 is 28.8 Å². The molecule has 144 valence electrons.